The van der Waals surface area contributed by atoms with E-state index >= 15 is 0 Å². The molecule has 0 bridgehead atoms. The second kappa shape index (κ2) is 6.84. The molecule has 2 aromatic heterocycles. The molecule has 0 fully saturated rings. The maximum Gasteiger partial charge on any atom is 0.342 e. The van der Waals surface area contributed by atoms with Crippen LogP contribution in [0.15, 0.2) is 35.8 Å². The molecule has 0 atom stereocenters. The Morgan fingerprint density at radius 3 is 2.83 bits per heavy atom. The Labute approximate surface area is 143 Å². The zero-order chi connectivity index (χ0) is 17.1. The van der Waals surface area contributed by atoms with Crippen molar-refractivity contribution in [2.24, 2.45) is 7.05 Å². The van der Waals surface area contributed by atoms with E-state index in [4.69, 9.17) is 9.47 Å². The van der Waals surface area contributed by atoms with Gasteiger partial charge in [0, 0.05) is 18.1 Å². The smallest absolute Gasteiger partial charge is 0.342 e. The number of para-hydroxylation sites is 1. The molecule has 0 saturated carbocycles. The molecule has 0 spiro atoms. The lowest BCUT2D eigenvalue weighted by molar-refractivity contribution is 0.0467. The summed E-state index contributed by atoms with van der Waals surface area (Å²) < 4.78 is 12.3. The zero-order valence-corrected chi connectivity index (χ0v) is 14.5. The van der Waals surface area contributed by atoms with Crippen LogP contribution in [0.3, 0.4) is 0 Å². The van der Waals surface area contributed by atoms with E-state index in [2.05, 4.69) is 10.1 Å². The second-order valence-corrected chi connectivity index (χ2v) is 6.05. The average molecular weight is 343 g/mol. The van der Waals surface area contributed by atoms with E-state index in [-0.39, 0.29) is 6.61 Å². The van der Waals surface area contributed by atoms with Crippen molar-refractivity contribution in [3.8, 4) is 16.3 Å². The topological polar surface area (TPSA) is 66.2 Å². The highest BCUT2D eigenvalue weighted by molar-refractivity contribution is 7.13. The fraction of sp³-hybridized carbons (Fsp3) is 0.235. The maximum atomic E-state index is 12.1. The third kappa shape index (κ3) is 3.16. The first-order chi connectivity index (χ1) is 11.6. The number of aromatic nitrogens is 3. The molecule has 0 saturated heterocycles. The van der Waals surface area contributed by atoms with E-state index in [9.17, 15) is 4.79 Å². The Hall–Kier alpha value is -2.67. The molecule has 0 aliphatic carbocycles. The summed E-state index contributed by atoms with van der Waals surface area (Å²) in [7, 11) is 3.41. The summed E-state index contributed by atoms with van der Waals surface area (Å²) in [4.78, 5) is 16.6. The van der Waals surface area contributed by atoms with Gasteiger partial charge in [0.05, 0.1) is 24.6 Å². The van der Waals surface area contributed by atoms with Crippen molar-refractivity contribution in [3.05, 3.63) is 52.8 Å². The fourth-order valence-corrected chi connectivity index (χ4v) is 3.07. The molecule has 3 aromatic rings. The van der Waals surface area contributed by atoms with E-state index in [1.54, 1.807) is 18.8 Å². The van der Waals surface area contributed by atoms with Gasteiger partial charge in [-0.3, -0.25) is 4.68 Å². The lowest BCUT2D eigenvalue weighted by atomic mass is 10.2. The summed E-state index contributed by atoms with van der Waals surface area (Å²) in [5.74, 6) is 0.369. The molecule has 0 N–H and O–H groups in total. The maximum absolute atomic E-state index is 12.1. The van der Waals surface area contributed by atoms with Crippen LogP contribution in [0.25, 0.3) is 10.6 Å². The van der Waals surface area contributed by atoms with Gasteiger partial charge in [0.1, 0.15) is 22.9 Å². The number of rotatable bonds is 5. The van der Waals surface area contributed by atoms with E-state index in [0.717, 1.165) is 22.0 Å². The van der Waals surface area contributed by atoms with Gasteiger partial charge in [0.25, 0.3) is 0 Å². The molecule has 1 aromatic carbocycles. The van der Waals surface area contributed by atoms with Crippen molar-refractivity contribution in [2.75, 3.05) is 7.11 Å². The summed E-state index contributed by atoms with van der Waals surface area (Å²) >= 11 is 1.49. The number of hydrogen-bond acceptors (Lipinski definition) is 6. The number of ether oxygens (including phenoxy) is 2. The number of methoxy groups -OCH3 is 1. The number of aryl methyl sites for hydroxylation is 1. The van der Waals surface area contributed by atoms with Crippen LogP contribution in [0, 0.1) is 6.92 Å². The number of nitrogens with zero attached hydrogens (tertiary/aromatic N) is 3. The number of hydrogen-bond donors (Lipinski definition) is 0. The summed E-state index contributed by atoms with van der Waals surface area (Å²) in [5.41, 5.74) is 2.87. The lowest BCUT2D eigenvalue weighted by Gasteiger charge is -2.05. The van der Waals surface area contributed by atoms with Crippen molar-refractivity contribution >= 4 is 17.3 Å². The minimum absolute atomic E-state index is 0.124. The van der Waals surface area contributed by atoms with Crippen molar-refractivity contribution in [3.63, 3.8) is 0 Å². The predicted octanol–water partition coefficient (Wildman–Crippen LogP) is 3.22. The molecular weight excluding hydrogens is 326 g/mol. The monoisotopic (exact) mass is 343 g/mol. The Bertz CT molecular complexity index is 870. The van der Waals surface area contributed by atoms with Gasteiger partial charge in [-0.1, -0.05) is 12.1 Å². The molecule has 0 radical (unpaired) electrons. The van der Waals surface area contributed by atoms with Gasteiger partial charge in [0.2, 0.25) is 0 Å². The second-order valence-electron chi connectivity index (χ2n) is 5.19. The minimum atomic E-state index is -0.396. The van der Waals surface area contributed by atoms with Gasteiger partial charge in [-0.2, -0.15) is 5.10 Å². The normalized spacial score (nSPS) is 10.6. The Balaban J connectivity index is 1.70. The third-order valence-corrected chi connectivity index (χ3v) is 4.62. The van der Waals surface area contributed by atoms with Gasteiger partial charge >= 0.3 is 5.97 Å². The van der Waals surface area contributed by atoms with Crippen molar-refractivity contribution in [1.29, 1.82) is 0 Å². The van der Waals surface area contributed by atoms with E-state index < -0.39 is 5.97 Å². The molecule has 7 heteroatoms. The third-order valence-electron chi connectivity index (χ3n) is 3.70. The van der Waals surface area contributed by atoms with Gasteiger partial charge in [-0.15, -0.1) is 11.3 Å². The van der Waals surface area contributed by atoms with Crippen molar-refractivity contribution in [1.82, 2.24) is 14.8 Å². The summed E-state index contributed by atoms with van der Waals surface area (Å²) in [6.45, 7) is 1.95. The van der Waals surface area contributed by atoms with Crippen LogP contribution in [0.1, 0.15) is 21.7 Å². The van der Waals surface area contributed by atoms with Crippen LogP contribution in [0.2, 0.25) is 0 Å². The number of carbonyl (C=O) groups is 1. The molecule has 24 heavy (non-hydrogen) atoms. The van der Waals surface area contributed by atoms with Crippen LogP contribution in [-0.2, 0) is 18.4 Å². The van der Waals surface area contributed by atoms with Crippen molar-refractivity contribution in [2.45, 2.75) is 13.5 Å². The Morgan fingerprint density at radius 1 is 1.33 bits per heavy atom. The summed E-state index contributed by atoms with van der Waals surface area (Å²) in [6, 6.07) is 7.69. The van der Waals surface area contributed by atoms with Gasteiger partial charge in [-0.25, -0.2) is 9.78 Å². The number of esters is 1. The van der Waals surface area contributed by atoms with Crippen LogP contribution in [0.5, 0.6) is 5.75 Å². The number of thiazole rings is 1. The highest BCUT2D eigenvalue weighted by Gasteiger charge is 2.15. The first-order valence-electron chi connectivity index (χ1n) is 7.33. The molecule has 3 rings (SSSR count). The van der Waals surface area contributed by atoms with E-state index in [1.807, 2.05) is 36.6 Å². The van der Waals surface area contributed by atoms with E-state index in [0.29, 0.717) is 11.3 Å². The van der Waals surface area contributed by atoms with Crippen LogP contribution in [0.4, 0.5) is 0 Å². The van der Waals surface area contributed by atoms with E-state index in [1.165, 1.54) is 17.5 Å². The van der Waals surface area contributed by atoms with Crippen LogP contribution in [-0.4, -0.2) is 27.8 Å². The fourth-order valence-electron chi connectivity index (χ4n) is 2.23. The Morgan fingerprint density at radius 2 is 2.12 bits per heavy atom. The molecule has 0 aliphatic rings. The highest BCUT2D eigenvalue weighted by atomic mass is 32.1. The first-order valence-corrected chi connectivity index (χ1v) is 8.21. The van der Waals surface area contributed by atoms with Crippen LogP contribution >= 0.6 is 11.3 Å². The SMILES string of the molecule is COc1ccccc1-c1nc(COC(=O)c2cnn(C)c2C)cs1. The largest absolute Gasteiger partial charge is 0.496 e. The molecule has 124 valence electrons. The lowest BCUT2D eigenvalue weighted by Crippen LogP contribution is -2.07. The van der Waals surface area contributed by atoms with Crippen LogP contribution < -0.4 is 4.74 Å². The minimum Gasteiger partial charge on any atom is -0.496 e. The quantitative estimate of drug-likeness (QED) is 0.666. The first kappa shape index (κ1) is 16.2. The van der Waals surface area contributed by atoms with Gasteiger partial charge < -0.3 is 9.47 Å². The highest BCUT2D eigenvalue weighted by Crippen LogP contribution is 2.32. The van der Waals surface area contributed by atoms with Crippen molar-refractivity contribution < 1.29 is 14.3 Å². The average Bonchev–Trinajstić information content (AvgIpc) is 3.20. The summed E-state index contributed by atoms with van der Waals surface area (Å²) in [6.07, 6.45) is 1.51. The predicted molar refractivity (Wildman–Crippen MR) is 91.2 cm³/mol. The molecule has 2 heterocycles. The molecule has 0 amide bonds. The number of benzene rings is 1. The molecule has 0 unspecified atom stereocenters. The summed E-state index contributed by atoms with van der Waals surface area (Å²) in [5, 5.41) is 6.75. The molecule has 6 nitrogen and oxygen atoms in total. The van der Waals surface area contributed by atoms with Gasteiger partial charge in [-0.05, 0) is 19.1 Å². The van der Waals surface area contributed by atoms with Gasteiger partial charge in [0.15, 0.2) is 0 Å². The zero-order valence-electron chi connectivity index (χ0n) is 13.6. The standard InChI is InChI=1S/C17H17N3O3S/c1-11-14(8-18-20(11)2)17(21)23-9-12-10-24-16(19-12)13-6-4-5-7-15(13)22-3/h4-8,10H,9H2,1-3H3. The number of carbonyl (C=O) groups excluding carboxylic acids is 1. The molecular formula is C17H17N3O3S. The molecule has 0 aliphatic heterocycles. The Kier molecular flexibility index (Phi) is 4.61.